The minimum atomic E-state index is -1.18. The fourth-order valence-corrected chi connectivity index (χ4v) is 1.75. The molecule has 0 fully saturated rings. The lowest BCUT2D eigenvalue weighted by Gasteiger charge is -2.19. The van der Waals surface area contributed by atoms with E-state index < -0.39 is 12.1 Å². The first kappa shape index (κ1) is 11.5. The lowest BCUT2D eigenvalue weighted by Crippen LogP contribution is -2.39. The second kappa shape index (κ2) is 4.87. The monoisotopic (exact) mass is 229 g/mol. The van der Waals surface area contributed by atoms with E-state index in [0.717, 1.165) is 10.8 Å². The summed E-state index contributed by atoms with van der Waals surface area (Å²) in [6, 6.07) is 13.3. The van der Waals surface area contributed by atoms with E-state index >= 15 is 0 Å². The van der Waals surface area contributed by atoms with Crippen LogP contribution >= 0.6 is 0 Å². The van der Waals surface area contributed by atoms with Crippen LogP contribution in [0.25, 0.3) is 10.8 Å². The van der Waals surface area contributed by atoms with E-state index in [1.54, 1.807) is 13.0 Å². The van der Waals surface area contributed by atoms with Gasteiger partial charge in [0.1, 0.15) is 11.9 Å². The first-order chi connectivity index (χ1) is 8.22. The Morgan fingerprint density at radius 2 is 1.94 bits per heavy atom. The van der Waals surface area contributed by atoms with E-state index in [0.29, 0.717) is 12.2 Å². The number of fused-ring (bicyclic) bond motifs is 1. The molecule has 0 saturated carbocycles. The van der Waals surface area contributed by atoms with E-state index in [-0.39, 0.29) is 0 Å². The largest absolute Gasteiger partial charge is 0.546 e. The molecular formula is C14H13O3-. The van der Waals surface area contributed by atoms with Crippen molar-refractivity contribution >= 4 is 16.7 Å². The SMILES string of the molecule is CC[C@@H](Oc1cccc2ccccc12)C(=O)[O-]. The van der Waals surface area contributed by atoms with Crippen LogP contribution in [0.1, 0.15) is 13.3 Å². The summed E-state index contributed by atoms with van der Waals surface area (Å²) in [6.07, 6.45) is -0.522. The summed E-state index contributed by atoms with van der Waals surface area (Å²) in [4.78, 5) is 10.8. The van der Waals surface area contributed by atoms with Crippen LogP contribution in [0.3, 0.4) is 0 Å². The Kier molecular flexibility index (Phi) is 3.28. The topological polar surface area (TPSA) is 49.4 Å². The van der Waals surface area contributed by atoms with Crippen LogP contribution in [0.15, 0.2) is 42.5 Å². The average molecular weight is 229 g/mol. The third-order valence-corrected chi connectivity index (χ3v) is 2.65. The summed E-state index contributed by atoms with van der Waals surface area (Å²) < 4.78 is 5.48. The van der Waals surface area contributed by atoms with Crippen molar-refractivity contribution in [3.8, 4) is 5.75 Å². The van der Waals surface area contributed by atoms with Gasteiger partial charge in [-0.15, -0.1) is 0 Å². The van der Waals surface area contributed by atoms with Gasteiger partial charge < -0.3 is 14.6 Å². The molecule has 0 unspecified atom stereocenters. The molecule has 2 rings (SSSR count). The zero-order chi connectivity index (χ0) is 12.3. The number of hydrogen-bond donors (Lipinski definition) is 0. The highest BCUT2D eigenvalue weighted by Gasteiger charge is 2.10. The zero-order valence-electron chi connectivity index (χ0n) is 9.55. The van der Waals surface area contributed by atoms with Gasteiger partial charge in [0, 0.05) is 5.39 Å². The second-order valence-electron chi connectivity index (χ2n) is 3.81. The van der Waals surface area contributed by atoms with Crippen molar-refractivity contribution in [2.75, 3.05) is 0 Å². The van der Waals surface area contributed by atoms with Crippen molar-refractivity contribution < 1.29 is 14.6 Å². The third kappa shape index (κ3) is 2.38. The number of benzene rings is 2. The molecule has 2 aromatic carbocycles. The summed E-state index contributed by atoms with van der Waals surface area (Å²) >= 11 is 0. The third-order valence-electron chi connectivity index (χ3n) is 2.65. The molecule has 3 heteroatoms. The molecule has 2 aromatic rings. The van der Waals surface area contributed by atoms with E-state index in [1.807, 2.05) is 36.4 Å². The minimum absolute atomic E-state index is 0.381. The number of aliphatic carboxylic acids is 1. The second-order valence-corrected chi connectivity index (χ2v) is 3.81. The Bertz CT molecular complexity index is 528. The highest BCUT2D eigenvalue weighted by Crippen LogP contribution is 2.26. The van der Waals surface area contributed by atoms with Gasteiger partial charge in [-0.05, 0) is 17.9 Å². The quantitative estimate of drug-likeness (QED) is 0.802. The maximum Gasteiger partial charge on any atom is 0.138 e. The van der Waals surface area contributed by atoms with E-state index in [1.165, 1.54) is 0 Å². The van der Waals surface area contributed by atoms with Crippen LogP contribution in [0.4, 0.5) is 0 Å². The molecule has 0 aliphatic carbocycles. The molecule has 1 atom stereocenters. The van der Waals surface area contributed by atoms with Crippen LogP contribution in [-0.2, 0) is 4.79 Å². The van der Waals surface area contributed by atoms with Crippen LogP contribution in [0.5, 0.6) is 5.75 Å². The van der Waals surface area contributed by atoms with Crippen molar-refractivity contribution in [3.63, 3.8) is 0 Å². The number of hydrogen-bond acceptors (Lipinski definition) is 3. The Morgan fingerprint density at radius 1 is 1.24 bits per heavy atom. The zero-order valence-corrected chi connectivity index (χ0v) is 9.55. The highest BCUT2D eigenvalue weighted by atomic mass is 16.5. The molecule has 0 bridgehead atoms. The smallest absolute Gasteiger partial charge is 0.138 e. The van der Waals surface area contributed by atoms with Gasteiger partial charge in [0.15, 0.2) is 0 Å². The summed E-state index contributed by atoms with van der Waals surface area (Å²) in [5, 5.41) is 12.8. The van der Waals surface area contributed by atoms with Gasteiger partial charge in [0.05, 0.1) is 5.97 Å². The molecule has 0 amide bonds. The predicted octanol–water partition coefficient (Wildman–Crippen LogP) is 1.75. The molecule has 88 valence electrons. The summed E-state index contributed by atoms with van der Waals surface area (Å²) in [5.74, 6) is -0.598. The standard InChI is InChI=1S/C14H14O3/c1-2-12(14(15)16)17-13-9-5-7-10-6-3-4-8-11(10)13/h3-9,12H,2H2,1H3,(H,15,16)/p-1/t12-/m1/s1. The van der Waals surface area contributed by atoms with Crippen molar-refractivity contribution in [2.24, 2.45) is 0 Å². The predicted molar refractivity (Wildman–Crippen MR) is 63.7 cm³/mol. The highest BCUT2D eigenvalue weighted by molar-refractivity contribution is 5.88. The van der Waals surface area contributed by atoms with Gasteiger partial charge >= 0.3 is 0 Å². The van der Waals surface area contributed by atoms with Crippen molar-refractivity contribution in [1.29, 1.82) is 0 Å². The molecule has 0 spiro atoms. The molecule has 0 radical (unpaired) electrons. The Morgan fingerprint density at radius 3 is 2.65 bits per heavy atom. The van der Waals surface area contributed by atoms with Crippen molar-refractivity contribution in [2.45, 2.75) is 19.4 Å². The van der Waals surface area contributed by atoms with Gasteiger partial charge in [-0.1, -0.05) is 43.3 Å². The molecule has 0 heterocycles. The molecule has 0 N–H and O–H groups in total. The van der Waals surface area contributed by atoms with Gasteiger partial charge in [0.2, 0.25) is 0 Å². The van der Waals surface area contributed by atoms with Crippen LogP contribution in [0.2, 0.25) is 0 Å². The fourth-order valence-electron chi connectivity index (χ4n) is 1.75. The summed E-state index contributed by atoms with van der Waals surface area (Å²) in [5.41, 5.74) is 0. The van der Waals surface area contributed by atoms with Crippen LogP contribution < -0.4 is 9.84 Å². The number of carbonyl (C=O) groups excluding carboxylic acids is 1. The first-order valence-electron chi connectivity index (χ1n) is 5.57. The number of rotatable bonds is 4. The number of carboxylic acids is 1. The van der Waals surface area contributed by atoms with Crippen molar-refractivity contribution in [1.82, 2.24) is 0 Å². The van der Waals surface area contributed by atoms with Gasteiger partial charge in [-0.2, -0.15) is 0 Å². The Hall–Kier alpha value is -2.03. The van der Waals surface area contributed by atoms with Crippen LogP contribution in [-0.4, -0.2) is 12.1 Å². The molecule has 0 aliphatic heterocycles. The molecule has 3 nitrogen and oxygen atoms in total. The maximum absolute atomic E-state index is 10.8. The lowest BCUT2D eigenvalue weighted by atomic mass is 10.1. The normalized spacial score (nSPS) is 12.3. The van der Waals surface area contributed by atoms with E-state index in [4.69, 9.17) is 4.74 Å². The van der Waals surface area contributed by atoms with Crippen LogP contribution in [0, 0.1) is 0 Å². The number of ether oxygens (including phenoxy) is 1. The Balaban J connectivity index is 2.38. The lowest BCUT2D eigenvalue weighted by molar-refractivity contribution is -0.313. The minimum Gasteiger partial charge on any atom is -0.546 e. The molecular weight excluding hydrogens is 216 g/mol. The fraction of sp³-hybridized carbons (Fsp3) is 0.214. The number of carboxylic acid groups (broad SMARTS) is 1. The van der Waals surface area contributed by atoms with Gasteiger partial charge in [0.25, 0.3) is 0 Å². The average Bonchev–Trinajstić information content (AvgIpc) is 2.35. The maximum atomic E-state index is 10.8. The Labute approximate surface area is 99.6 Å². The molecule has 0 aliphatic rings. The van der Waals surface area contributed by atoms with E-state index in [2.05, 4.69) is 0 Å². The van der Waals surface area contributed by atoms with Gasteiger partial charge in [-0.25, -0.2) is 0 Å². The first-order valence-corrected chi connectivity index (χ1v) is 5.57. The number of carbonyl (C=O) groups is 1. The summed E-state index contributed by atoms with van der Waals surface area (Å²) in [7, 11) is 0. The van der Waals surface area contributed by atoms with Gasteiger partial charge in [-0.3, -0.25) is 0 Å². The van der Waals surface area contributed by atoms with Crippen molar-refractivity contribution in [3.05, 3.63) is 42.5 Å². The summed E-state index contributed by atoms with van der Waals surface area (Å²) in [6.45, 7) is 1.76. The van der Waals surface area contributed by atoms with E-state index in [9.17, 15) is 9.90 Å². The molecule has 17 heavy (non-hydrogen) atoms. The molecule has 0 aromatic heterocycles. The molecule has 0 saturated heterocycles.